The van der Waals surface area contributed by atoms with Gasteiger partial charge in [0.1, 0.15) is 5.60 Å². The van der Waals surface area contributed by atoms with E-state index in [0.717, 1.165) is 18.2 Å². The van der Waals surface area contributed by atoms with Gasteiger partial charge in [-0.15, -0.1) is 0 Å². The maximum Gasteiger partial charge on any atom is 0.407 e. The zero-order valence-electron chi connectivity index (χ0n) is 17.3. The molecule has 3 nitrogen and oxygen atoms in total. The summed E-state index contributed by atoms with van der Waals surface area (Å²) in [6, 6.07) is 6.97. The summed E-state index contributed by atoms with van der Waals surface area (Å²) in [5, 5.41) is 2.71. The first-order valence-corrected chi connectivity index (χ1v) is 10.8. The van der Waals surface area contributed by atoms with E-state index in [2.05, 4.69) is 5.32 Å². The summed E-state index contributed by atoms with van der Waals surface area (Å²) < 4.78 is 46.1. The van der Waals surface area contributed by atoms with Gasteiger partial charge in [-0.1, -0.05) is 70.7 Å². The third-order valence-electron chi connectivity index (χ3n) is 4.10. The Hall–Kier alpha value is -1.60. The lowest BCUT2D eigenvalue weighted by Crippen LogP contribution is -2.32. The second-order valence-electron chi connectivity index (χ2n) is 7.88. The van der Waals surface area contributed by atoms with E-state index in [1.54, 1.807) is 32.9 Å². The Labute approximate surface area is 204 Å². The van der Waals surface area contributed by atoms with Crippen molar-refractivity contribution < 1.29 is 22.7 Å². The molecule has 0 fully saturated rings. The topological polar surface area (TPSA) is 38.3 Å². The summed E-state index contributed by atoms with van der Waals surface area (Å²) in [7, 11) is 0. The number of hydrogen-bond acceptors (Lipinski definition) is 2. The number of ether oxygens (including phenoxy) is 1. The standard InChI is InChI=1S/C22H20Cl4F3NO2/c1-21(2,3)32-20(31)30-11-13-6-4-12(8-16(13)23)5-7-15(22(27,28)29)14-9-17(24)19(26)18(25)10-14/h4-10,15H,11H2,1-3H3,(H,30,31)/b7-5+. The lowest BCUT2D eigenvalue weighted by molar-refractivity contribution is -0.139. The van der Waals surface area contributed by atoms with Crippen molar-refractivity contribution in [3.8, 4) is 0 Å². The van der Waals surface area contributed by atoms with E-state index in [4.69, 9.17) is 51.1 Å². The minimum Gasteiger partial charge on any atom is -0.444 e. The highest BCUT2D eigenvalue weighted by molar-refractivity contribution is 6.48. The van der Waals surface area contributed by atoms with Crippen molar-refractivity contribution in [2.45, 2.75) is 45.0 Å². The van der Waals surface area contributed by atoms with Crippen LogP contribution in [0.5, 0.6) is 0 Å². The number of amides is 1. The normalized spacial score (nSPS) is 13.3. The second kappa shape index (κ2) is 10.6. The molecule has 1 atom stereocenters. The third kappa shape index (κ3) is 7.77. The molecule has 2 aromatic carbocycles. The van der Waals surface area contributed by atoms with E-state index in [1.165, 1.54) is 12.1 Å². The Morgan fingerprint density at radius 3 is 2.12 bits per heavy atom. The van der Waals surface area contributed by atoms with Crippen LogP contribution in [-0.4, -0.2) is 17.9 Å². The van der Waals surface area contributed by atoms with E-state index in [9.17, 15) is 18.0 Å². The minimum atomic E-state index is -4.59. The molecule has 32 heavy (non-hydrogen) atoms. The van der Waals surface area contributed by atoms with Gasteiger partial charge in [0.2, 0.25) is 0 Å². The summed E-state index contributed by atoms with van der Waals surface area (Å²) in [4.78, 5) is 11.8. The Balaban J connectivity index is 2.20. The number of hydrogen-bond donors (Lipinski definition) is 1. The minimum absolute atomic E-state index is 0.00986. The molecular weight excluding hydrogens is 509 g/mol. The molecule has 0 aromatic heterocycles. The molecule has 0 aliphatic rings. The maximum atomic E-state index is 13.7. The number of benzene rings is 2. The summed E-state index contributed by atoms with van der Waals surface area (Å²) in [6.45, 7) is 5.31. The molecule has 10 heteroatoms. The number of allylic oxidation sites excluding steroid dienone is 1. The van der Waals surface area contributed by atoms with Crippen LogP contribution in [0.25, 0.3) is 6.08 Å². The van der Waals surface area contributed by atoms with Crippen LogP contribution >= 0.6 is 46.4 Å². The van der Waals surface area contributed by atoms with Gasteiger partial charge in [0.15, 0.2) is 0 Å². The number of carbonyl (C=O) groups is 1. The van der Waals surface area contributed by atoms with Crippen LogP contribution < -0.4 is 5.32 Å². The van der Waals surface area contributed by atoms with Crippen LogP contribution in [0.15, 0.2) is 36.4 Å². The summed E-state index contributed by atoms with van der Waals surface area (Å²) in [5.74, 6) is -1.96. The highest BCUT2D eigenvalue weighted by Crippen LogP contribution is 2.41. The predicted octanol–water partition coefficient (Wildman–Crippen LogP) is 8.68. The van der Waals surface area contributed by atoms with E-state index >= 15 is 0 Å². The smallest absolute Gasteiger partial charge is 0.407 e. The molecule has 0 saturated heterocycles. The van der Waals surface area contributed by atoms with E-state index in [0.29, 0.717) is 11.1 Å². The Bertz CT molecular complexity index is 994. The zero-order valence-corrected chi connectivity index (χ0v) is 20.3. The Morgan fingerprint density at radius 2 is 1.62 bits per heavy atom. The van der Waals surface area contributed by atoms with Gasteiger partial charge in [0, 0.05) is 11.6 Å². The van der Waals surface area contributed by atoms with Gasteiger partial charge in [0.25, 0.3) is 0 Å². The number of alkyl halides is 3. The van der Waals surface area contributed by atoms with Gasteiger partial charge in [-0.2, -0.15) is 13.2 Å². The molecule has 1 N–H and O–H groups in total. The van der Waals surface area contributed by atoms with Gasteiger partial charge in [0.05, 0.1) is 21.0 Å². The lowest BCUT2D eigenvalue weighted by Gasteiger charge is -2.20. The van der Waals surface area contributed by atoms with Crippen molar-refractivity contribution in [3.63, 3.8) is 0 Å². The summed E-state index contributed by atoms with van der Waals surface area (Å²) in [6.07, 6.45) is -2.91. The fraction of sp³-hybridized carbons (Fsp3) is 0.318. The van der Waals surface area contributed by atoms with E-state index in [1.807, 2.05) is 0 Å². The number of halogens is 7. The van der Waals surface area contributed by atoms with Crippen LogP contribution in [0.4, 0.5) is 18.0 Å². The lowest BCUT2D eigenvalue weighted by atomic mass is 9.97. The molecule has 0 radical (unpaired) electrons. The van der Waals surface area contributed by atoms with Crippen molar-refractivity contribution in [3.05, 3.63) is 73.2 Å². The first-order chi connectivity index (χ1) is 14.7. The van der Waals surface area contributed by atoms with E-state index < -0.39 is 23.8 Å². The van der Waals surface area contributed by atoms with Crippen LogP contribution in [0.2, 0.25) is 20.1 Å². The fourth-order valence-corrected chi connectivity index (χ4v) is 3.53. The van der Waals surface area contributed by atoms with Crippen molar-refractivity contribution in [2.75, 3.05) is 0 Å². The molecule has 1 unspecified atom stereocenters. The fourth-order valence-electron chi connectivity index (χ4n) is 2.66. The highest BCUT2D eigenvalue weighted by Gasteiger charge is 2.39. The van der Waals surface area contributed by atoms with Crippen LogP contribution in [0.3, 0.4) is 0 Å². The van der Waals surface area contributed by atoms with Crippen LogP contribution in [-0.2, 0) is 11.3 Å². The summed E-state index contributed by atoms with van der Waals surface area (Å²) in [5.41, 5.74) is 0.239. The van der Waals surface area contributed by atoms with Gasteiger partial charge < -0.3 is 10.1 Å². The van der Waals surface area contributed by atoms with Gasteiger partial charge in [-0.25, -0.2) is 4.79 Å². The van der Waals surface area contributed by atoms with Gasteiger partial charge >= 0.3 is 12.3 Å². The van der Waals surface area contributed by atoms with Gasteiger partial charge in [-0.05, 0) is 55.7 Å². The molecule has 0 saturated carbocycles. The average molecular weight is 529 g/mol. The molecule has 1 amide bonds. The van der Waals surface area contributed by atoms with E-state index in [-0.39, 0.29) is 32.2 Å². The molecule has 0 bridgehead atoms. The molecule has 0 aliphatic carbocycles. The van der Waals surface area contributed by atoms with Crippen molar-refractivity contribution in [1.29, 1.82) is 0 Å². The second-order valence-corrected chi connectivity index (χ2v) is 9.48. The Morgan fingerprint density at radius 1 is 1.03 bits per heavy atom. The molecular formula is C22H20Cl4F3NO2. The van der Waals surface area contributed by atoms with Crippen LogP contribution in [0, 0.1) is 0 Å². The first kappa shape index (κ1) is 26.7. The maximum absolute atomic E-state index is 13.7. The van der Waals surface area contributed by atoms with Crippen LogP contribution in [0.1, 0.15) is 43.4 Å². The number of carbonyl (C=O) groups excluding carboxylic acids is 1. The predicted molar refractivity (Wildman–Crippen MR) is 124 cm³/mol. The average Bonchev–Trinajstić information content (AvgIpc) is 2.63. The summed E-state index contributed by atoms with van der Waals surface area (Å²) >= 11 is 23.9. The zero-order chi connectivity index (χ0) is 24.3. The van der Waals surface area contributed by atoms with Crippen molar-refractivity contribution in [2.24, 2.45) is 0 Å². The number of rotatable bonds is 5. The Kier molecular flexibility index (Phi) is 8.79. The molecule has 2 rings (SSSR count). The molecule has 0 aliphatic heterocycles. The molecule has 174 valence electrons. The number of alkyl carbamates (subject to hydrolysis) is 1. The van der Waals surface area contributed by atoms with Crippen molar-refractivity contribution >= 4 is 58.6 Å². The first-order valence-electron chi connectivity index (χ1n) is 9.32. The molecule has 0 heterocycles. The highest BCUT2D eigenvalue weighted by atomic mass is 35.5. The molecule has 2 aromatic rings. The van der Waals surface area contributed by atoms with Crippen molar-refractivity contribution in [1.82, 2.24) is 5.32 Å². The SMILES string of the molecule is CC(C)(C)OC(=O)NCc1ccc(/C=C/C(c2cc(Cl)c(Cl)c(Cl)c2)C(F)(F)F)cc1Cl. The molecule has 0 spiro atoms. The van der Waals surface area contributed by atoms with Gasteiger partial charge in [-0.3, -0.25) is 0 Å². The largest absolute Gasteiger partial charge is 0.444 e. The third-order valence-corrected chi connectivity index (χ3v) is 5.65. The monoisotopic (exact) mass is 527 g/mol. The number of nitrogens with one attached hydrogen (secondary N) is 1. The quantitative estimate of drug-likeness (QED) is 0.394.